The summed E-state index contributed by atoms with van der Waals surface area (Å²) in [5.74, 6) is 0. The van der Waals surface area contributed by atoms with Gasteiger partial charge in [-0.2, -0.15) is 0 Å². The van der Waals surface area contributed by atoms with Gasteiger partial charge in [0.15, 0.2) is 96.5 Å². The third kappa shape index (κ3) is 56.7. The minimum Gasteiger partial charge on any atom is -0.458 e. The van der Waals surface area contributed by atoms with Crippen molar-refractivity contribution in [3.63, 3.8) is 0 Å². The van der Waals surface area contributed by atoms with E-state index in [0.29, 0.717) is 92.5 Å². The largest absolute Gasteiger partial charge is 0.458 e. The fourth-order valence-electron chi connectivity index (χ4n) is 13.7. The third-order valence-electron chi connectivity index (χ3n) is 16.3. The van der Waals surface area contributed by atoms with E-state index in [9.17, 15) is 10.2 Å². The lowest BCUT2D eigenvalue weighted by molar-refractivity contribution is -0.254. The first-order valence-corrected chi connectivity index (χ1v) is 85.8. The van der Waals surface area contributed by atoms with Crippen LogP contribution >= 0.6 is 0 Å². The van der Waals surface area contributed by atoms with Gasteiger partial charge in [-0.3, -0.25) is 0 Å². The molecular formula is C80H172O21Si14. The molecule has 2 saturated heterocycles. The monoisotopic (exact) mass is 1860 g/mol. The molecule has 0 unspecified atom stereocenters. The molecule has 2 N–H and O–H groups in total. The highest BCUT2D eigenvalue weighted by Gasteiger charge is 2.46. The van der Waals surface area contributed by atoms with Crippen molar-refractivity contribution in [2.45, 2.75) is 278 Å². The molecule has 0 aliphatic carbocycles. The van der Waals surface area contributed by atoms with E-state index >= 15 is 0 Å². The second-order valence-electron chi connectivity index (χ2n) is 41.3. The zero-order valence-corrected chi connectivity index (χ0v) is 93.3. The van der Waals surface area contributed by atoms with Crippen LogP contribution in [0.4, 0.5) is 0 Å². The van der Waals surface area contributed by atoms with E-state index in [2.05, 4.69) is 229 Å². The molecular weight excluding hydrogens is 1690 g/mol. The summed E-state index contributed by atoms with van der Waals surface area (Å²) in [5, 5.41) is 20.2. The molecule has 0 radical (unpaired) electrons. The van der Waals surface area contributed by atoms with Gasteiger partial charge in [0.2, 0.25) is 0 Å². The Hall–Kier alpha value is 0.116. The van der Waals surface area contributed by atoms with Gasteiger partial charge in [-0.15, -0.1) is 13.2 Å². The van der Waals surface area contributed by atoms with E-state index in [1.807, 2.05) is 60.7 Å². The van der Waals surface area contributed by atoms with Crippen molar-refractivity contribution < 1.29 is 94.6 Å². The summed E-state index contributed by atoms with van der Waals surface area (Å²) in [5.41, 5.74) is 0.558. The summed E-state index contributed by atoms with van der Waals surface area (Å²) in [6.45, 7) is 88.4. The Bertz CT molecular complexity index is 2700. The van der Waals surface area contributed by atoms with Gasteiger partial charge >= 0.3 is 34.2 Å². The van der Waals surface area contributed by atoms with Crippen molar-refractivity contribution in [1.29, 1.82) is 0 Å². The first-order chi connectivity index (χ1) is 52.5. The molecule has 0 saturated carbocycles. The Morgan fingerprint density at radius 2 is 0.583 bits per heavy atom. The van der Waals surface area contributed by atoms with Gasteiger partial charge in [0.05, 0.1) is 109 Å². The summed E-state index contributed by atoms with van der Waals surface area (Å²) in [6.07, 6.45) is 6.22. The van der Waals surface area contributed by atoms with Crippen LogP contribution in [0.3, 0.4) is 0 Å². The fourth-order valence-corrected chi connectivity index (χ4v) is 69.4. The molecule has 115 heavy (non-hydrogen) atoms. The molecule has 674 valence electrons. The van der Waals surface area contributed by atoms with Crippen LogP contribution < -0.4 is 0 Å². The average molecular weight is 1860 g/mol. The van der Waals surface area contributed by atoms with Gasteiger partial charge < -0.3 is 94.6 Å². The number of ether oxygens (including phenoxy) is 10. The van der Waals surface area contributed by atoms with Crippen molar-refractivity contribution in [2.75, 3.05) is 119 Å². The normalized spacial score (nSPS) is 16.3. The van der Waals surface area contributed by atoms with E-state index in [1.54, 1.807) is 12.2 Å². The number of benzene rings is 2. The summed E-state index contributed by atoms with van der Waals surface area (Å²) in [4.78, 5) is 0. The van der Waals surface area contributed by atoms with Crippen LogP contribution in [0.15, 0.2) is 86.0 Å². The molecule has 4 rings (SSSR count). The van der Waals surface area contributed by atoms with E-state index in [0.717, 1.165) is 61.0 Å². The smallest absolute Gasteiger partial charge is 0.314 e. The average Bonchev–Trinajstić information content (AvgIpc) is 0.871. The molecule has 0 amide bonds. The van der Waals surface area contributed by atoms with Gasteiger partial charge in [-0.25, -0.2) is 0 Å². The molecule has 2 aromatic rings. The summed E-state index contributed by atoms with van der Waals surface area (Å²) in [7, 11) is -25.0. The minimum atomic E-state index is -2.30. The number of rotatable bonds is 54. The fraction of sp³-hybridized carbons (Fsp3) is 0.800. The zero-order valence-electron chi connectivity index (χ0n) is 79.1. The van der Waals surface area contributed by atoms with Crippen LogP contribution in [0.2, 0.25) is 240 Å². The van der Waals surface area contributed by atoms with Crippen LogP contribution in [0.1, 0.15) is 49.4 Å². The van der Waals surface area contributed by atoms with Gasteiger partial charge in [-0.1, -0.05) is 72.8 Å². The Kier molecular flexibility index (Phi) is 50.8. The highest BCUT2D eigenvalue weighted by Crippen LogP contribution is 2.37. The lowest BCUT2D eigenvalue weighted by Gasteiger charge is -2.40. The molecule has 2 aliphatic heterocycles. The Labute approximate surface area is 718 Å². The third-order valence-corrected chi connectivity index (χ3v) is 59.5. The molecule has 21 nitrogen and oxygen atoms in total. The standard InChI is InChI=1S/C32H68O8Si6.C25H64O8Si6.C18H24O4.C5H16OSi2/c1-41(2,3)37-45(13,38-42(4,5)6)24-18-22-33-26-32(28-35-31(36-29-32)30-20-16-15-17-21-30)27-34-23-19-25-46(14,39-43(7,8)9)40-44(10,11)12;1-34(2,3)30-38(13,31-35(4,5)6)19-15-17-28-23-25(21-26,22-27)24-29-18-16-20-39(14,32-36(7,8)9)33-37(10,11)12;1-3-10-19-12-18(13-20-11-4-2)14-21-17(22-15-18)16-8-6-5-7-9-16;1-7(2)6-8(3,4)5/h15-17,20-21,31H,18-19,22-29H2,1-14H3;26-27H,15-24H2,1-14H3;3-9,17H,1-2,10-15H2;7H,1-5H3. The molecule has 2 aliphatic rings. The molecule has 0 bridgehead atoms. The Morgan fingerprint density at radius 1 is 0.357 bits per heavy atom. The molecule has 35 heteroatoms. The van der Waals surface area contributed by atoms with Crippen LogP contribution in [0, 0.1) is 16.2 Å². The number of hydrogen-bond acceptors (Lipinski definition) is 21. The number of aliphatic hydroxyl groups excluding tert-OH is 2. The van der Waals surface area contributed by atoms with Crippen LogP contribution in [-0.4, -0.2) is 247 Å². The van der Waals surface area contributed by atoms with Crippen molar-refractivity contribution in [1.82, 2.24) is 0 Å². The molecule has 2 heterocycles. The summed E-state index contributed by atoms with van der Waals surface area (Å²) >= 11 is 0. The quantitative estimate of drug-likeness (QED) is 0.0358. The van der Waals surface area contributed by atoms with Gasteiger partial charge in [0, 0.05) is 37.6 Å². The zero-order chi connectivity index (χ0) is 88.2. The summed E-state index contributed by atoms with van der Waals surface area (Å²) in [6, 6.07) is 23.6. The van der Waals surface area contributed by atoms with Crippen LogP contribution in [0.25, 0.3) is 0 Å². The van der Waals surface area contributed by atoms with E-state index in [-0.39, 0.29) is 49.8 Å². The maximum Gasteiger partial charge on any atom is 0.314 e. The molecule has 0 aromatic heterocycles. The first-order valence-electron chi connectivity index (χ1n) is 42.2. The Morgan fingerprint density at radius 3 is 0.774 bits per heavy atom. The number of aliphatic hydroxyl groups is 2. The molecule has 0 atom stereocenters. The lowest BCUT2D eigenvalue weighted by atomic mass is 9.91. The second-order valence-corrected chi connectivity index (χ2v) is 100.0. The van der Waals surface area contributed by atoms with Crippen molar-refractivity contribution >= 4 is 118 Å². The van der Waals surface area contributed by atoms with E-state index in [4.69, 9.17) is 84.4 Å². The molecule has 2 aromatic carbocycles. The van der Waals surface area contributed by atoms with Crippen molar-refractivity contribution in [3.05, 3.63) is 97.1 Å². The Balaban J connectivity index is 0.000000859. The highest BCUT2D eigenvalue weighted by molar-refractivity contribution is 6.90. The molecule has 0 spiro atoms. The van der Waals surface area contributed by atoms with E-state index in [1.165, 1.54) is 0 Å². The maximum absolute atomic E-state index is 10.1. The molecule has 2 fully saturated rings. The summed E-state index contributed by atoms with van der Waals surface area (Å²) < 4.78 is 119. The SMILES string of the molecule is C=CCOCC1(COCC=C)COC(c2ccccc2)OC1.C[SiH](C)O[Si](C)(C)C.C[Si](C)(C)O[Si](C)(CCCOCC(CO)(CO)COCCC[Si](C)(O[Si](C)(C)C)O[Si](C)(C)C)O[Si](C)(C)C.C[Si](C)(C)O[Si](C)(CCCOCC1(COCCC[Si](C)(O[Si](C)(C)C)O[Si](C)(C)C)COC(c2ccccc2)OC1)O[Si](C)(C)C. The minimum absolute atomic E-state index is 0.197. The van der Waals surface area contributed by atoms with Crippen LogP contribution in [-0.2, 0) is 84.4 Å². The van der Waals surface area contributed by atoms with Gasteiger partial charge in [0.1, 0.15) is 0 Å². The first kappa shape index (κ1) is 113. The van der Waals surface area contributed by atoms with Crippen LogP contribution in [0.5, 0.6) is 0 Å². The number of hydrogen-bond donors (Lipinski definition) is 2. The van der Waals surface area contributed by atoms with Crippen molar-refractivity contribution in [3.8, 4) is 0 Å². The maximum atomic E-state index is 10.1. The van der Waals surface area contributed by atoms with Gasteiger partial charge in [-0.05, 0) is 266 Å². The lowest BCUT2D eigenvalue weighted by Crippen LogP contribution is -2.52. The van der Waals surface area contributed by atoms with Gasteiger partial charge in [0.25, 0.3) is 0 Å². The predicted octanol–water partition coefficient (Wildman–Crippen LogP) is 20.3. The van der Waals surface area contributed by atoms with Crippen molar-refractivity contribution in [2.24, 2.45) is 16.2 Å². The highest BCUT2D eigenvalue weighted by atomic mass is 28.5. The predicted molar refractivity (Wildman–Crippen MR) is 512 cm³/mol. The topological polar surface area (TPSA) is 216 Å². The second kappa shape index (κ2) is 51.7. The van der Waals surface area contributed by atoms with E-state index < -0.39 is 124 Å².